The van der Waals surface area contributed by atoms with E-state index >= 15 is 0 Å². The lowest BCUT2D eigenvalue weighted by molar-refractivity contribution is -0.141. The Kier molecular flexibility index (Phi) is 5.24. The lowest BCUT2D eigenvalue weighted by Crippen LogP contribution is -2.54. The van der Waals surface area contributed by atoms with Gasteiger partial charge in [-0.25, -0.2) is 0 Å². The quantitative estimate of drug-likeness (QED) is 0.536. The van der Waals surface area contributed by atoms with Gasteiger partial charge >= 0.3 is 0 Å². The van der Waals surface area contributed by atoms with E-state index in [1.807, 2.05) is 0 Å². The summed E-state index contributed by atoms with van der Waals surface area (Å²) in [6.45, 7) is 9.24. The first-order valence-electron chi connectivity index (χ1n) is 12.8. The Bertz CT molecular complexity index is 881. The standard InChI is InChI=1S/C29H40O2/c1-18(2)20-7-5-19(6-8-20)15-21-16-26-24-10-9-22-17-23(30)11-13-28(22,3)25(24)12-14-29(26,4)27(21)31/h5-8,15,18,22-26,30H,9-14,16-17H2,1-4H3/b21-15+/t22-,23-,24-,25+,26+,28+,29+/m1/s1. The molecule has 4 fully saturated rings. The average Bonchev–Trinajstić information content (AvgIpc) is 2.99. The molecule has 0 bridgehead atoms. The molecular weight excluding hydrogens is 380 g/mol. The highest BCUT2D eigenvalue weighted by molar-refractivity contribution is 6.05. The second kappa shape index (κ2) is 7.58. The first kappa shape index (κ1) is 21.4. The van der Waals surface area contributed by atoms with Gasteiger partial charge in [0, 0.05) is 5.41 Å². The minimum Gasteiger partial charge on any atom is -0.393 e. The fourth-order valence-corrected chi connectivity index (χ4v) is 8.21. The van der Waals surface area contributed by atoms with Gasteiger partial charge in [0.05, 0.1) is 6.10 Å². The largest absolute Gasteiger partial charge is 0.393 e. The van der Waals surface area contributed by atoms with E-state index in [9.17, 15) is 9.90 Å². The molecule has 0 saturated heterocycles. The van der Waals surface area contributed by atoms with E-state index in [2.05, 4.69) is 58.0 Å². The molecule has 7 atom stereocenters. The maximum absolute atomic E-state index is 13.6. The van der Waals surface area contributed by atoms with Crippen LogP contribution < -0.4 is 0 Å². The molecule has 2 nitrogen and oxygen atoms in total. The zero-order chi connectivity index (χ0) is 22.0. The molecule has 0 heterocycles. The zero-order valence-electron chi connectivity index (χ0n) is 19.9. The van der Waals surface area contributed by atoms with Crippen molar-refractivity contribution in [3.63, 3.8) is 0 Å². The van der Waals surface area contributed by atoms with Gasteiger partial charge in [-0.2, -0.15) is 0 Å². The molecule has 4 aliphatic carbocycles. The van der Waals surface area contributed by atoms with Gasteiger partial charge in [0.1, 0.15) is 0 Å². The second-order valence-corrected chi connectivity index (χ2v) is 12.1. The maximum Gasteiger partial charge on any atom is 0.165 e. The summed E-state index contributed by atoms with van der Waals surface area (Å²) in [6.07, 6.45) is 10.9. The van der Waals surface area contributed by atoms with Crippen molar-refractivity contribution in [1.29, 1.82) is 0 Å². The summed E-state index contributed by atoms with van der Waals surface area (Å²) in [5.41, 5.74) is 3.79. The third-order valence-electron chi connectivity index (χ3n) is 10.2. The van der Waals surface area contributed by atoms with Crippen LogP contribution in [-0.4, -0.2) is 17.0 Å². The third kappa shape index (κ3) is 3.36. The number of aliphatic hydroxyl groups excluding tert-OH is 1. The van der Waals surface area contributed by atoms with Crippen molar-refractivity contribution in [3.8, 4) is 0 Å². The van der Waals surface area contributed by atoms with Crippen LogP contribution in [-0.2, 0) is 4.79 Å². The molecule has 0 aromatic heterocycles. The van der Waals surface area contributed by atoms with Crippen molar-refractivity contribution in [2.75, 3.05) is 0 Å². The van der Waals surface area contributed by atoms with Gasteiger partial charge in [0.25, 0.3) is 0 Å². The summed E-state index contributed by atoms with van der Waals surface area (Å²) < 4.78 is 0. The van der Waals surface area contributed by atoms with Gasteiger partial charge in [-0.1, -0.05) is 52.0 Å². The number of allylic oxidation sites excluding steroid dienone is 1. The third-order valence-corrected chi connectivity index (χ3v) is 10.2. The molecule has 168 valence electrons. The van der Waals surface area contributed by atoms with E-state index in [-0.39, 0.29) is 11.5 Å². The lowest BCUT2D eigenvalue weighted by atomic mass is 9.45. The Balaban J connectivity index is 1.41. The molecule has 0 radical (unpaired) electrons. The smallest absolute Gasteiger partial charge is 0.165 e. The number of hydrogen-bond donors (Lipinski definition) is 1. The molecule has 5 rings (SSSR count). The molecule has 1 aromatic rings. The molecule has 4 saturated carbocycles. The van der Waals surface area contributed by atoms with Crippen molar-refractivity contribution in [3.05, 3.63) is 41.0 Å². The minimum atomic E-state index is -0.164. The van der Waals surface area contributed by atoms with Crippen molar-refractivity contribution >= 4 is 11.9 Å². The molecule has 0 unspecified atom stereocenters. The Morgan fingerprint density at radius 1 is 1.00 bits per heavy atom. The van der Waals surface area contributed by atoms with Gasteiger partial charge < -0.3 is 5.11 Å². The summed E-state index contributed by atoms with van der Waals surface area (Å²) in [4.78, 5) is 13.6. The summed E-state index contributed by atoms with van der Waals surface area (Å²) >= 11 is 0. The summed E-state index contributed by atoms with van der Waals surface area (Å²) in [6, 6.07) is 8.78. The van der Waals surface area contributed by atoms with Gasteiger partial charge in [0.2, 0.25) is 0 Å². The molecule has 2 heteroatoms. The molecule has 31 heavy (non-hydrogen) atoms. The van der Waals surface area contributed by atoms with E-state index in [1.165, 1.54) is 36.8 Å². The number of fused-ring (bicyclic) bond motifs is 5. The number of carbonyl (C=O) groups excluding carboxylic acids is 1. The fourth-order valence-electron chi connectivity index (χ4n) is 8.21. The lowest BCUT2D eigenvalue weighted by Gasteiger charge is -2.59. The predicted octanol–water partition coefficient (Wildman–Crippen LogP) is 6.78. The van der Waals surface area contributed by atoms with E-state index in [1.54, 1.807) is 0 Å². The number of ketones is 1. The maximum atomic E-state index is 13.6. The van der Waals surface area contributed by atoms with Gasteiger partial charge in [0.15, 0.2) is 5.78 Å². The molecular formula is C29H40O2. The van der Waals surface area contributed by atoms with Crippen molar-refractivity contribution < 1.29 is 9.90 Å². The molecule has 0 amide bonds. The SMILES string of the molecule is CC(C)c1ccc(/C=C2\C[C@H]3[C@@H]4CC[C@@H]5C[C@H](O)CC[C@]5(C)[C@H]4CC[C@]3(C)C2=O)cc1. The number of benzene rings is 1. The molecule has 0 spiro atoms. The highest BCUT2D eigenvalue weighted by atomic mass is 16.3. The van der Waals surface area contributed by atoms with Gasteiger partial charge in [-0.15, -0.1) is 0 Å². The first-order chi connectivity index (χ1) is 14.7. The summed E-state index contributed by atoms with van der Waals surface area (Å²) in [5, 5.41) is 10.3. The fraction of sp³-hybridized carbons (Fsp3) is 0.690. The van der Waals surface area contributed by atoms with Crippen LogP contribution in [0.2, 0.25) is 0 Å². The van der Waals surface area contributed by atoms with E-state index in [0.29, 0.717) is 34.9 Å². The van der Waals surface area contributed by atoms with Gasteiger partial charge in [-0.05, 0) is 109 Å². The van der Waals surface area contributed by atoms with Crippen molar-refractivity contribution in [2.45, 2.75) is 91.1 Å². The van der Waals surface area contributed by atoms with E-state index in [0.717, 1.165) is 37.2 Å². The molecule has 0 aliphatic heterocycles. The topological polar surface area (TPSA) is 37.3 Å². The van der Waals surface area contributed by atoms with Crippen LogP contribution in [0.1, 0.15) is 96.1 Å². The van der Waals surface area contributed by atoms with E-state index < -0.39 is 0 Å². The minimum absolute atomic E-state index is 0.0897. The molecule has 4 aliphatic rings. The Labute approximate surface area is 188 Å². The van der Waals surface area contributed by atoms with Crippen LogP contribution in [0, 0.1) is 34.5 Å². The Hall–Kier alpha value is -1.41. The van der Waals surface area contributed by atoms with Crippen LogP contribution in [0.4, 0.5) is 0 Å². The monoisotopic (exact) mass is 420 g/mol. The van der Waals surface area contributed by atoms with Gasteiger partial charge in [-0.3, -0.25) is 4.79 Å². The average molecular weight is 421 g/mol. The number of aliphatic hydroxyl groups is 1. The summed E-state index contributed by atoms with van der Waals surface area (Å²) in [7, 11) is 0. The highest BCUT2D eigenvalue weighted by Gasteiger charge is 2.61. The normalized spacial score (nSPS) is 43.6. The van der Waals surface area contributed by atoms with Crippen LogP contribution in [0.5, 0.6) is 0 Å². The number of Topliss-reactive ketones (excluding diaryl/α,β-unsaturated/α-hetero) is 1. The van der Waals surface area contributed by atoms with E-state index in [4.69, 9.17) is 0 Å². The van der Waals surface area contributed by atoms with Crippen LogP contribution in [0.3, 0.4) is 0 Å². The number of hydrogen-bond acceptors (Lipinski definition) is 2. The summed E-state index contributed by atoms with van der Waals surface area (Å²) in [5.74, 6) is 3.54. The highest BCUT2D eigenvalue weighted by Crippen LogP contribution is 2.66. The van der Waals surface area contributed by atoms with Crippen LogP contribution in [0.25, 0.3) is 6.08 Å². The Morgan fingerprint density at radius 2 is 1.74 bits per heavy atom. The van der Waals surface area contributed by atoms with Crippen LogP contribution in [0.15, 0.2) is 29.8 Å². The number of rotatable bonds is 2. The molecule has 1 N–H and O–H groups in total. The first-order valence-corrected chi connectivity index (χ1v) is 12.8. The number of carbonyl (C=O) groups is 1. The Morgan fingerprint density at radius 3 is 2.45 bits per heavy atom. The zero-order valence-corrected chi connectivity index (χ0v) is 19.9. The van der Waals surface area contributed by atoms with Crippen molar-refractivity contribution in [2.24, 2.45) is 34.5 Å². The predicted molar refractivity (Wildman–Crippen MR) is 127 cm³/mol. The van der Waals surface area contributed by atoms with Crippen LogP contribution >= 0.6 is 0 Å². The van der Waals surface area contributed by atoms with Crippen molar-refractivity contribution in [1.82, 2.24) is 0 Å². The second-order valence-electron chi connectivity index (χ2n) is 12.1. The molecule has 1 aromatic carbocycles.